The molecule has 1 aromatic carbocycles. The molecule has 2 N–H and O–H groups in total. The van der Waals surface area contributed by atoms with Crippen LogP contribution in [0.5, 0.6) is 0 Å². The SMILES string of the molecule is CNC(=O)CN(C(=O)NC)C(C=O)C(=O)C=Cc1ccccc1. The molecule has 1 unspecified atom stereocenters. The average molecular weight is 317 g/mol. The van der Waals surface area contributed by atoms with Gasteiger partial charge in [0.1, 0.15) is 6.54 Å². The van der Waals surface area contributed by atoms with Crippen molar-refractivity contribution in [3.8, 4) is 0 Å². The number of carbonyl (C=O) groups is 4. The van der Waals surface area contributed by atoms with E-state index in [2.05, 4.69) is 10.6 Å². The zero-order valence-electron chi connectivity index (χ0n) is 13.0. The van der Waals surface area contributed by atoms with Crippen LogP contribution in [0.15, 0.2) is 36.4 Å². The number of aldehydes is 1. The molecule has 3 amide bonds. The van der Waals surface area contributed by atoms with Gasteiger partial charge in [0.25, 0.3) is 0 Å². The first kappa shape index (κ1) is 18.1. The lowest BCUT2D eigenvalue weighted by Crippen LogP contribution is -2.52. The molecule has 0 fully saturated rings. The summed E-state index contributed by atoms with van der Waals surface area (Å²) in [5, 5.41) is 4.65. The highest BCUT2D eigenvalue weighted by Gasteiger charge is 2.29. The van der Waals surface area contributed by atoms with E-state index < -0.39 is 30.3 Å². The highest BCUT2D eigenvalue weighted by atomic mass is 16.2. The third-order valence-electron chi connectivity index (χ3n) is 3.06. The summed E-state index contributed by atoms with van der Waals surface area (Å²) < 4.78 is 0. The van der Waals surface area contributed by atoms with Crippen molar-refractivity contribution in [1.29, 1.82) is 0 Å². The Morgan fingerprint density at radius 1 is 1.13 bits per heavy atom. The smallest absolute Gasteiger partial charge is 0.318 e. The Bertz CT molecular complexity index is 599. The average Bonchev–Trinajstić information content (AvgIpc) is 2.59. The molecule has 0 spiro atoms. The second-order valence-electron chi connectivity index (χ2n) is 4.58. The Hall–Kier alpha value is -2.96. The summed E-state index contributed by atoms with van der Waals surface area (Å²) >= 11 is 0. The molecule has 0 aliphatic heterocycles. The number of nitrogens with zero attached hydrogens (tertiary/aromatic N) is 1. The Morgan fingerprint density at radius 3 is 2.30 bits per heavy atom. The monoisotopic (exact) mass is 317 g/mol. The molecule has 23 heavy (non-hydrogen) atoms. The minimum atomic E-state index is -1.37. The van der Waals surface area contributed by atoms with Crippen LogP contribution in [0.3, 0.4) is 0 Å². The van der Waals surface area contributed by atoms with E-state index in [-0.39, 0.29) is 0 Å². The zero-order valence-corrected chi connectivity index (χ0v) is 13.0. The number of hydrogen-bond donors (Lipinski definition) is 2. The lowest BCUT2D eigenvalue weighted by Gasteiger charge is -2.25. The minimum absolute atomic E-state index is 0.343. The van der Waals surface area contributed by atoms with Crippen LogP contribution in [-0.4, -0.2) is 55.6 Å². The van der Waals surface area contributed by atoms with Crippen molar-refractivity contribution in [1.82, 2.24) is 15.5 Å². The van der Waals surface area contributed by atoms with Crippen LogP contribution in [0.1, 0.15) is 5.56 Å². The zero-order chi connectivity index (χ0) is 17.2. The molecule has 0 saturated carbocycles. The number of amides is 3. The number of benzene rings is 1. The van der Waals surface area contributed by atoms with Gasteiger partial charge in [0.15, 0.2) is 18.1 Å². The fourth-order valence-electron chi connectivity index (χ4n) is 1.81. The van der Waals surface area contributed by atoms with E-state index in [9.17, 15) is 19.2 Å². The van der Waals surface area contributed by atoms with Crippen molar-refractivity contribution in [2.75, 3.05) is 20.6 Å². The maximum Gasteiger partial charge on any atom is 0.318 e. The summed E-state index contributed by atoms with van der Waals surface area (Å²) in [7, 11) is 2.75. The summed E-state index contributed by atoms with van der Waals surface area (Å²) in [4.78, 5) is 47.7. The fraction of sp³-hybridized carbons (Fsp3) is 0.250. The summed E-state index contributed by atoms with van der Waals surface area (Å²) in [5.41, 5.74) is 0.781. The first-order chi connectivity index (χ1) is 11.0. The first-order valence-corrected chi connectivity index (χ1v) is 6.94. The molecule has 7 heteroatoms. The Balaban J connectivity index is 2.94. The Labute approximate surface area is 134 Å². The van der Waals surface area contributed by atoms with Gasteiger partial charge in [-0.15, -0.1) is 0 Å². The van der Waals surface area contributed by atoms with Gasteiger partial charge >= 0.3 is 6.03 Å². The lowest BCUT2D eigenvalue weighted by molar-refractivity contribution is -0.126. The Kier molecular flexibility index (Phi) is 7.19. The summed E-state index contributed by atoms with van der Waals surface area (Å²) in [6.07, 6.45) is 3.10. The van der Waals surface area contributed by atoms with E-state index in [0.29, 0.717) is 6.29 Å². The van der Waals surface area contributed by atoms with Crippen molar-refractivity contribution in [3.63, 3.8) is 0 Å². The first-order valence-electron chi connectivity index (χ1n) is 6.94. The van der Waals surface area contributed by atoms with Crippen LogP contribution >= 0.6 is 0 Å². The van der Waals surface area contributed by atoms with E-state index in [1.54, 1.807) is 18.2 Å². The molecular formula is C16H19N3O4. The molecule has 0 saturated heterocycles. The molecule has 0 radical (unpaired) electrons. The predicted molar refractivity (Wildman–Crippen MR) is 85.6 cm³/mol. The number of hydrogen-bond acceptors (Lipinski definition) is 4. The molecule has 7 nitrogen and oxygen atoms in total. The van der Waals surface area contributed by atoms with Crippen LogP contribution < -0.4 is 10.6 Å². The number of urea groups is 1. The number of ketones is 1. The predicted octanol–water partition coefficient (Wildman–Crippen LogP) is 0.224. The topological polar surface area (TPSA) is 95.6 Å². The van der Waals surface area contributed by atoms with Gasteiger partial charge in [0.05, 0.1) is 0 Å². The summed E-state index contributed by atoms with van der Waals surface area (Å²) in [6, 6.07) is 6.98. The van der Waals surface area contributed by atoms with Gasteiger partial charge in [-0.1, -0.05) is 36.4 Å². The molecule has 0 aliphatic rings. The fourth-order valence-corrected chi connectivity index (χ4v) is 1.81. The number of likely N-dealkylation sites (N-methyl/N-ethyl adjacent to an activating group) is 1. The van der Waals surface area contributed by atoms with E-state index >= 15 is 0 Å². The van der Waals surface area contributed by atoms with Crippen molar-refractivity contribution in [3.05, 3.63) is 42.0 Å². The van der Waals surface area contributed by atoms with E-state index in [1.807, 2.05) is 18.2 Å². The maximum absolute atomic E-state index is 12.2. The third-order valence-corrected chi connectivity index (χ3v) is 3.06. The molecular weight excluding hydrogens is 298 g/mol. The van der Waals surface area contributed by atoms with Gasteiger partial charge in [-0.05, 0) is 11.6 Å². The van der Waals surface area contributed by atoms with E-state index in [4.69, 9.17) is 0 Å². The highest BCUT2D eigenvalue weighted by Crippen LogP contribution is 2.05. The molecule has 1 aromatic rings. The van der Waals surface area contributed by atoms with Gasteiger partial charge in [0, 0.05) is 14.1 Å². The summed E-state index contributed by atoms with van der Waals surface area (Å²) in [6.45, 7) is -0.398. The molecule has 122 valence electrons. The summed E-state index contributed by atoms with van der Waals surface area (Å²) in [5.74, 6) is -1.07. The second-order valence-corrected chi connectivity index (χ2v) is 4.58. The standard InChI is InChI=1S/C16H19N3O4/c1-17-15(22)10-19(16(23)18-2)13(11-20)14(21)9-8-12-6-4-3-5-7-12/h3-9,11,13H,10H2,1-2H3,(H,17,22)(H,18,23). The van der Waals surface area contributed by atoms with Crippen LogP contribution in [0, 0.1) is 0 Å². The number of carbonyl (C=O) groups excluding carboxylic acids is 4. The van der Waals surface area contributed by atoms with Gasteiger partial charge < -0.3 is 15.4 Å². The van der Waals surface area contributed by atoms with Gasteiger partial charge in [-0.3, -0.25) is 14.5 Å². The molecule has 1 rings (SSSR count). The number of nitrogens with one attached hydrogen (secondary N) is 2. The largest absolute Gasteiger partial charge is 0.358 e. The van der Waals surface area contributed by atoms with E-state index in [0.717, 1.165) is 10.5 Å². The lowest BCUT2D eigenvalue weighted by atomic mass is 10.1. The highest BCUT2D eigenvalue weighted by molar-refractivity contribution is 6.08. The van der Waals surface area contributed by atoms with Crippen molar-refractivity contribution in [2.45, 2.75) is 6.04 Å². The van der Waals surface area contributed by atoms with Crippen LogP contribution in [0.4, 0.5) is 4.79 Å². The van der Waals surface area contributed by atoms with Crippen molar-refractivity contribution < 1.29 is 19.2 Å². The maximum atomic E-state index is 12.2. The Morgan fingerprint density at radius 2 is 1.78 bits per heavy atom. The molecule has 0 aliphatic carbocycles. The van der Waals surface area contributed by atoms with Crippen LogP contribution in [-0.2, 0) is 14.4 Å². The van der Waals surface area contributed by atoms with Crippen LogP contribution in [0.2, 0.25) is 0 Å². The second kappa shape index (κ2) is 9.14. The van der Waals surface area contributed by atoms with Crippen molar-refractivity contribution in [2.24, 2.45) is 0 Å². The van der Waals surface area contributed by atoms with Crippen LogP contribution in [0.25, 0.3) is 6.08 Å². The molecule has 0 heterocycles. The van der Waals surface area contributed by atoms with E-state index in [1.165, 1.54) is 20.2 Å². The minimum Gasteiger partial charge on any atom is -0.358 e. The normalized spacial score (nSPS) is 11.6. The molecule has 0 bridgehead atoms. The quantitative estimate of drug-likeness (QED) is 0.427. The molecule has 1 atom stereocenters. The third kappa shape index (κ3) is 5.39. The van der Waals surface area contributed by atoms with Crippen molar-refractivity contribution >= 4 is 30.1 Å². The number of rotatable bonds is 7. The van der Waals surface area contributed by atoms with Gasteiger partial charge in [-0.2, -0.15) is 0 Å². The van der Waals surface area contributed by atoms with Gasteiger partial charge in [0.2, 0.25) is 5.91 Å². The van der Waals surface area contributed by atoms with Gasteiger partial charge in [-0.25, -0.2) is 4.79 Å². The molecule has 0 aromatic heterocycles.